The number of para-hydroxylation sites is 1. The SMILES string of the molecule is CCCN1C(=O)[C@@H]2[C@@H](CC(COc3ccccc3)=C3[C@@H](CC/C(=C/c4cc(I)c(O)c(OC)c4)c4ccccn4)OC[C@@H]32)C1=O. The van der Waals surface area contributed by atoms with Crippen molar-refractivity contribution in [3.8, 4) is 17.2 Å². The number of carbonyl (C=O) groups is 2. The molecule has 2 aliphatic heterocycles. The summed E-state index contributed by atoms with van der Waals surface area (Å²) in [5.74, 6) is 0.260. The lowest BCUT2D eigenvalue weighted by atomic mass is 9.69. The largest absolute Gasteiger partial charge is 0.504 e. The number of ether oxygens (including phenoxy) is 3. The van der Waals surface area contributed by atoms with Crippen LogP contribution >= 0.6 is 22.6 Å². The van der Waals surface area contributed by atoms with Gasteiger partial charge in [0, 0.05) is 18.7 Å². The highest BCUT2D eigenvalue weighted by Crippen LogP contribution is 2.50. The van der Waals surface area contributed by atoms with E-state index in [1.807, 2.05) is 67.6 Å². The zero-order chi connectivity index (χ0) is 31.5. The maximum Gasteiger partial charge on any atom is 0.233 e. The Kier molecular flexibility index (Phi) is 9.56. The number of allylic oxidation sites excluding steroid dienone is 1. The third-order valence-corrected chi connectivity index (χ3v) is 9.81. The summed E-state index contributed by atoms with van der Waals surface area (Å²) < 4.78 is 18.8. The number of amides is 2. The molecule has 9 heteroatoms. The van der Waals surface area contributed by atoms with Crippen LogP contribution in [0.4, 0.5) is 0 Å². The number of phenolic OH excluding ortho intramolecular Hbond substituents is 1. The van der Waals surface area contributed by atoms with Crippen molar-refractivity contribution in [2.24, 2.45) is 17.8 Å². The summed E-state index contributed by atoms with van der Waals surface area (Å²) in [5.41, 5.74) is 4.94. The van der Waals surface area contributed by atoms with E-state index in [-0.39, 0.29) is 41.4 Å². The molecular weight excluding hydrogens is 683 g/mol. The van der Waals surface area contributed by atoms with Gasteiger partial charge in [0.05, 0.1) is 40.9 Å². The number of methoxy groups -OCH3 is 1. The van der Waals surface area contributed by atoms with Gasteiger partial charge in [0.15, 0.2) is 11.5 Å². The van der Waals surface area contributed by atoms with Crippen LogP contribution in [0.25, 0.3) is 11.6 Å². The van der Waals surface area contributed by atoms with Gasteiger partial charge < -0.3 is 19.3 Å². The molecule has 0 saturated carbocycles. The Hall–Kier alpha value is -3.70. The molecule has 2 amide bonds. The molecule has 2 fully saturated rings. The van der Waals surface area contributed by atoms with Crippen LogP contribution in [-0.4, -0.2) is 59.8 Å². The second kappa shape index (κ2) is 13.7. The molecule has 0 bridgehead atoms. The molecule has 2 aromatic carbocycles. The molecular formula is C36H37IN2O6. The lowest BCUT2D eigenvalue weighted by Gasteiger charge is -2.31. The molecule has 234 valence electrons. The fourth-order valence-corrected chi connectivity index (χ4v) is 7.57. The van der Waals surface area contributed by atoms with Gasteiger partial charge in [-0.3, -0.25) is 19.5 Å². The summed E-state index contributed by atoms with van der Waals surface area (Å²) in [6.45, 7) is 3.20. The zero-order valence-corrected chi connectivity index (χ0v) is 27.6. The molecule has 8 nitrogen and oxygen atoms in total. The second-order valence-corrected chi connectivity index (χ2v) is 12.9. The summed E-state index contributed by atoms with van der Waals surface area (Å²) in [5, 5.41) is 10.4. The minimum Gasteiger partial charge on any atom is -0.504 e. The van der Waals surface area contributed by atoms with Crippen molar-refractivity contribution in [2.45, 2.75) is 38.7 Å². The van der Waals surface area contributed by atoms with E-state index in [2.05, 4.69) is 33.7 Å². The van der Waals surface area contributed by atoms with Crippen molar-refractivity contribution in [1.29, 1.82) is 0 Å². The van der Waals surface area contributed by atoms with Gasteiger partial charge in [0.25, 0.3) is 0 Å². The summed E-state index contributed by atoms with van der Waals surface area (Å²) in [4.78, 5) is 33.1. The molecule has 0 unspecified atom stereocenters. The molecule has 6 rings (SSSR count). The first kappa shape index (κ1) is 31.3. The maximum atomic E-state index is 13.6. The summed E-state index contributed by atoms with van der Waals surface area (Å²) in [7, 11) is 1.54. The number of nitrogens with zero attached hydrogens (tertiary/aromatic N) is 2. The highest BCUT2D eigenvalue weighted by atomic mass is 127. The summed E-state index contributed by atoms with van der Waals surface area (Å²) in [6, 6.07) is 19.2. The van der Waals surface area contributed by atoms with E-state index >= 15 is 0 Å². The van der Waals surface area contributed by atoms with E-state index in [9.17, 15) is 14.7 Å². The number of hydrogen-bond acceptors (Lipinski definition) is 7. The molecule has 0 radical (unpaired) electrons. The lowest BCUT2D eigenvalue weighted by molar-refractivity contribution is -0.140. The van der Waals surface area contributed by atoms with Crippen LogP contribution in [0.3, 0.4) is 0 Å². The fraction of sp³-hybridized carbons (Fsp3) is 0.361. The number of imide groups is 1. The fourth-order valence-electron chi connectivity index (χ4n) is 6.95. The molecule has 1 aromatic heterocycles. The molecule has 3 aliphatic rings. The topological polar surface area (TPSA) is 98.2 Å². The van der Waals surface area contributed by atoms with E-state index in [1.165, 1.54) is 12.0 Å². The van der Waals surface area contributed by atoms with Crippen LogP contribution in [0.15, 0.2) is 78.0 Å². The standard InChI is InChI=1S/C36H37IN2O6/c1-3-15-39-35(41)26-19-24(20-44-25-9-5-4-6-10-25)32-27(33(26)36(39)42)21-45-30(32)13-12-23(29-11-7-8-14-38-29)16-22-17-28(37)34(40)31(18-22)43-2/h4-11,14,16-18,26-27,30,33,40H,3,12-13,15,19-21H2,1-2H3/b23-16-/t26-,27+,30-,33-/m1/s1. The summed E-state index contributed by atoms with van der Waals surface area (Å²) >= 11 is 2.10. The number of carbonyl (C=O) groups excluding carboxylic acids is 2. The average Bonchev–Trinajstić information content (AvgIpc) is 3.59. The number of aromatic nitrogens is 1. The highest BCUT2D eigenvalue weighted by Gasteiger charge is 2.56. The van der Waals surface area contributed by atoms with Crippen LogP contribution in [0.1, 0.15) is 43.9 Å². The second-order valence-electron chi connectivity index (χ2n) is 11.7. The van der Waals surface area contributed by atoms with Gasteiger partial charge in [-0.1, -0.05) is 31.2 Å². The number of rotatable bonds is 11. The number of fused-ring (bicyclic) bond motifs is 3. The first-order chi connectivity index (χ1) is 21.9. The lowest BCUT2D eigenvalue weighted by Crippen LogP contribution is -2.35. The number of benzene rings is 2. The Morgan fingerprint density at radius 2 is 1.91 bits per heavy atom. The third-order valence-electron chi connectivity index (χ3n) is 8.98. The minimum atomic E-state index is -0.387. The third kappa shape index (κ3) is 6.37. The molecule has 1 N–H and O–H groups in total. The van der Waals surface area contributed by atoms with Crippen LogP contribution < -0.4 is 9.47 Å². The number of aromatic hydroxyl groups is 1. The quantitative estimate of drug-likeness (QED) is 0.137. The van der Waals surface area contributed by atoms with E-state index in [4.69, 9.17) is 14.2 Å². The van der Waals surface area contributed by atoms with Crippen LogP contribution in [-0.2, 0) is 14.3 Å². The zero-order valence-electron chi connectivity index (χ0n) is 25.4. The van der Waals surface area contributed by atoms with Crippen molar-refractivity contribution >= 4 is 46.1 Å². The van der Waals surface area contributed by atoms with Gasteiger partial charge in [-0.15, -0.1) is 0 Å². The molecule has 3 heterocycles. The Labute approximate surface area is 277 Å². The van der Waals surface area contributed by atoms with Crippen molar-refractivity contribution in [1.82, 2.24) is 9.88 Å². The first-order valence-corrected chi connectivity index (χ1v) is 16.5. The van der Waals surface area contributed by atoms with Crippen LogP contribution in [0.2, 0.25) is 0 Å². The predicted molar refractivity (Wildman–Crippen MR) is 180 cm³/mol. The normalized spacial score (nSPS) is 22.9. The number of pyridine rings is 1. The van der Waals surface area contributed by atoms with E-state index < -0.39 is 0 Å². The van der Waals surface area contributed by atoms with Gasteiger partial charge in [0.1, 0.15) is 12.4 Å². The minimum absolute atomic E-state index is 0.0634. The van der Waals surface area contributed by atoms with Gasteiger partial charge >= 0.3 is 0 Å². The Bertz CT molecular complexity index is 1620. The van der Waals surface area contributed by atoms with Crippen molar-refractivity contribution in [2.75, 3.05) is 26.9 Å². The Balaban J connectivity index is 1.31. The van der Waals surface area contributed by atoms with E-state index in [1.54, 1.807) is 6.20 Å². The van der Waals surface area contributed by atoms with Gasteiger partial charge in [-0.2, -0.15) is 0 Å². The molecule has 3 aromatic rings. The number of hydrogen-bond donors (Lipinski definition) is 1. The average molecular weight is 721 g/mol. The van der Waals surface area contributed by atoms with Gasteiger partial charge in [-0.25, -0.2) is 0 Å². The highest BCUT2D eigenvalue weighted by molar-refractivity contribution is 14.1. The number of halogens is 1. The Morgan fingerprint density at radius 3 is 2.64 bits per heavy atom. The predicted octanol–water partition coefficient (Wildman–Crippen LogP) is 6.53. The van der Waals surface area contributed by atoms with Gasteiger partial charge in [-0.05, 0) is 113 Å². The summed E-state index contributed by atoms with van der Waals surface area (Å²) in [6.07, 6.45) is 6.21. The number of phenols is 1. The monoisotopic (exact) mass is 720 g/mol. The van der Waals surface area contributed by atoms with Gasteiger partial charge in [0.2, 0.25) is 11.8 Å². The smallest absolute Gasteiger partial charge is 0.233 e. The van der Waals surface area contributed by atoms with E-state index in [0.717, 1.165) is 40.1 Å². The molecule has 2 saturated heterocycles. The van der Waals surface area contributed by atoms with Crippen molar-refractivity contribution in [3.63, 3.8) is 0 Å². The number of likely N-dealkylation sites (tertiary alicyclic amines) is 1. The Morgan fingerprint density at radius 1 is 1.11 bits per heavy atom. The van der Waals surface area contributed by atoms with Crippen LogP contribution in [0, 0.1) is 21.3 Å². The van der Waals surface area contributed by atoms with Crippen molar-refractivity contribution < 1.29 is 28.9 Å². The maximum absolute atomic E-state index is 13.6. The molecule has 4 atom stereocenters. The van der Waals surface area contributed by atoms with Crippen molar-refractivity contribution in [3.05, 3.63) is 92.8 Å². The molecule has 45 heavy (non-hydrogen) atoms. The van der Waals surface area contributed by atoms with E-state index in [0.29, 0.717) is 48.3 Å². The first-order valence-electron chi connectivity index (χ1n) is 15.4. The molecule has 1 aliphatic carbocycles. The molecule has 0 spiro atoms. The van der Waals surface area contributed by atoms with Crippen LogP contribution in [0.5, 0.6) is 17.2 Å².